The predicted molar refractivity (Wildman–Crippen MR) is 60.0 cm³/mol. The van der Waals surface area contributed by atoms with E-state index >= 15 is 0 Å². The number of carboxylic acid groups (broad SMARTS) is 1. The van der Waals surface area contributed by atoms with Gasteiger partial charge < -0.3 is 5.11 Å². The third kappa shape index (κ3) is 2.68. The molecule has 0 saturated carbocycles. The molecule has 0 aromatic carbocycles. The summed E-state index contributed by atoms with van der Waals surface area (Å²) in [6, 6.07) is 0. The maximum atomic E-state index is 11.4. The van der Waals surface area contributed by atoms with Crippen LogP contribution in [0.5, 0.6) is 0 Å². The molecule has 1 aromatic rings. The number of hydrogen-bond acceptors (Lipinski definition) is 5. The van der Waals surface area contributed by atoms with E-state index in [1.165, 1.54) is 16.2 Å². The Balaban J connectivity index is 2.05. The molecule has 0 radical (unpaired) electrons. The predicted octanol–water partition coefficient (Wildman–Crippen LogP) is 0.466. The molecule has 0 bridgehead atoms. The summed E-state index contributed by atoms with van der Waals surface area (Å²) in [5.74, 6) is -1.24. The van der Waals surface area contributed by atoms with Gasteiger partial charge in [0.25, 0.3) is 0 Å². The van der Waals surface area contributed by atoms with E-state index in [1.54, 1.807) is 5.38 Å². The number of amides is 1. The summed E-state index contributed by atoms with van der Waals surface area (Å²) in [4.78, 5) is 38.4. The second-order valence-corrected chi connectivity index (χ2v) is 4.55. The summed E-state index contributed by atoms with van der Waals surface area (Å²) >= 11 is 1.25. The molecule has 2 rings (SSSR count). The van der Waals surface area contributed by atoms with Crippen LogP contribution >= 0.6 is 11.3 Å². The summed E-state index contributed by atoms with van der Waals surface area (Å²) in [5, 5.41) is 10.7. The van der Waals surface area contributed by atoms with Crippen LogP contribution in [0.2, 0.25) is 0 Å². The highest BCUT2D eigenvalue weighted by atomic mass is 32.1. The molecule has 6 nitrogen and oxygen atoms in total. The lowest BCUT2D eigenvalue weighted by Crippen LogP contribution is -2.24. The lowest BCUT2D eigenvalue weighted by Gasteiger charge is -2.09. The molecular weight excluding hydrogens is 244 g/mol. The number of carboxylic acids is 1. The molecular formula is C10H10N2O4S. The first-order valence-electron chi connectivity index (χ1n) is 5.04. The number of carbonyl (C=O) groups is 3. The second-order valence-electron chi connectivity index (χ2n) is 3.71. The van der Waals surface area contributed by atoms with E-state index in [1.807, 2.05) is 0 Å². The van der Waals surface area contributed by atoms with E-state index in [9.17, 15) is 14.4 Å². The van der Waals surface area contributed by atoms with Crippen molar-refractivity contribution in [1.29, 1.82) is 0 Å². The molecule has 0 atom stereocenters. The van der Waals surface area contributed by atoms with Crippen LogP contribution in [0.3, 0.4) is 0 Å². The number of thiazole rings is 1. The molecule has 2 heterocycles. The molecule has 1 aliphatic heterocycles. The van der Waals surface area contributed by atoms with Crippen LogP contribution in [0, 0.1) is 0 Å². The normalized spacial score (nSPS) is 15.6. The molecule has 0 unspecified atom stereocenters. The minimum absolute atomic E-state index is 0.00997. The van der Waals surface area contributed by atoms with Gasteiger partial charge in [0.2, 0.25) is 5.91 Å². The average Bonchev–Trinajstić information content (AvgIpc) is 2.82. The Kier molecular flexibility index (Phi) is 3.19. The SMILES string of the molecule is O=C(O)CCc1csc(N2CC(=O)CC2=O)n1. The molecule has 1 saturated heterocycles. The molecule has 1 aliphatic rings. The fourth-order valence-electron chi connectivity index (χ4n) is 1.53. The highest BCUT2D eigenvalue weighted by Gasteiger charge is 2.30. The van der Waals surface area contributed by atoms with Crippen LogP contribution in [0.15, 0.2) is 5.38 Å². The van der Waals surface area contributed by atoms with Gasteiger partial charge in [0.05, 0.1) is 25.1 Å². The molecule has 1 amide bonds. The molecule has 1 fully saturated rings. The number of nitrogens with zero attached hydrogens (tertiary/aromatic N) is 2. The topological polar surface area (TPSA) is 87.6 Å². The van der Waals surface area contributed by atoms with Crippen molar-refractivity contribution in [3.63, 3.8) is 0 Å². The first-order valence-corrected chi connectivity index (χ1v) is 5.92. The Hall–Kier alpha value is -1.76. The molecule has 7 heteroatoms. The zero-order valence-electron chi connectivity index (χ0n) is 8.88. The van der Waals surface area contributed by atoms with Crippen LogP contribution in [-0.2, 0) is 20.8 Å². The van der Waals surface area contributed by atoms with Crippen molar-refractivity contribution in [3.8, 4) is 0 Å². The van der Waals surface area contributed by atoms with Crippen LogP contribution in [-0.4, -0.2) is 34.3 Å². The van der Waals surface area contributed by atoms with Gasteiger partial charge in [0, 0.05) is 11.8 Å². The minimum Gasteiger partial charge on any atom is -0.481 e. The Morgan fingerprint density at radius 2 is 2.29 bits per heavy atom. The monoisotopic (exact) mass is 254 g/mol. The summed E-state index contributed by atoms with van der Waals surface area (Å²) < 4.78 is 0. The standard InChI is InChI=1S/C10H10N2O4S/c13-7-3-8(14)12(4-7)10-11-6(5-17-10)1-2-9(15)16/h5H,1-4H2,(H,15,16). The van der Waals surface area contributed by atoms with E-state index in [-0.39, 0.29) is 31.1 Å². The van der Waals surface area contributed by atoms with E-state index in [2.05, 4.69) is 4.98 Å². The summed E-state index contributed by atoms with van der Waals surface area (Å²) in [7, 11) is 0. The number of hydrogen-bond donors (Lipinski definition) is 1. The van der Waals surface area contributed by atoms with Gasteiger partial charge in [-0.15, -0.1) is 11.3 Å². The van der Waals surface area contributed by atoms with Gasteiger partial charge in [-0.1, -0.05) is 0 Å². The van der Waals surface area contributed by atoms with Gasteiger partial charge in [-0.25, -0.2) is 4.98 Å². The molecule has 1 N–H and O–H groups in total. The molecule has 0 spiro atoms. The number of ketones is 1. The lowest BCUT2D eigenvalue weighted by atomic mass is 10.2. The molecule has 90 valence electrons. The maximum Gasteiger partial charge on any atom is 0.303 e. The van der Waals surface area contributed by atoms with Crippen LogP contribution in [0.25, 0.3) is 0 Å². The van der Waals surface area contributed by atoms with Crippen LogP contribution in [0.1, 0.15) is 18.5 Å². The highest BCUT2D eigenvalue weighted by molar-refractivity contribution is 7.14. The lowest BCUT2D eigenvalue weighted by molar-refractivity contribution is -0.137. The van der Waals surface area contributed by atoms with E-state index in [0.717, 1.165) is 0 Å². The number of carbonyl (C=O) groups excluding carboxylic acids is 2. The van der Waals surface area contributed by atoms with Gasteiger partial charge in [-0.2, -0.15) is 0 Å². The van der Waals surface area contributed by atoms with Crippen molar-refractivity contribution in [1.82, 2.24) is 4.98 Å². The highest BCUT2D eigenvalue weighted by Crippen LogP contribution is 2.24. The maximum absolute atomic E-state index is 11.4. The van der Waals surface area contributed by atoms with Crippen molar-refractivity contribution in [2.24, 2.45) is 0 Å². The number of aryl methyl sites for hydroxylation is 1. The Labute approximate surface area is 101 Å². The van der Waals surface area contributed by atoms with Gasteiger partial charge >= 0.3 is 5.97 Å². The van der Waals surface area contributed by atoms with Crippen molar-refractivity contribution >= 4 is 34.1 Å². The summed E-state index contributed by atoms with van der Waals surface area (Å²) in [5.41, 5.74) is 0.638. The van der Waals surface area contributed by atoms with Crippen LogP contribution in [0.4, 0.5) is 5.13 Å². The average molecular weight is 254 g/mol. The zero-order valence-corrected chi connectivity index (χ0v) is 9.70. The van der Waals surface area contributed by atoms with Gasteiger partial charge in [0.1, 0.15) is 0 Å². The van der Waals surface area contributed by atoms with Crippen molar-refractivity contribution in [3.05, 3.63) is 11.1 Å². The fourth-order valence-corrected chi connectivity index (χ4v) is 2.40. The van der Waals surface area contributed by atoms with Crippen molar-refractivity contribution < 1.29 is 19.5 Å². The number of aromatic nitrogens is 1. The molecule has 0 aliphatic carbocycles. The number of rotatable bonds is 4. The van der Waals surface area contributed by atoms with Gasteiger partial charge in [0.15, 0.2) is 10.9 Å². The Bertz CT molecular complexity index is 482. The van der Waals surface area contributed by atoms with Crippen molar-refractivity contribution in [2.75, 3.05) is 11.4 Å². The third-order valence-corrected chi connectivity index (χ3v) is 3.26. The second kappa shape index (κ2) is 4.62. The minimum atomic E-state index is -0.882. The quantitative estimate of drug-likeness (QED) is 0.789. The number of Topliss-reactive ketones (excluding diaryl/α,β-unsaturated/α-hetero) is 1. The van der Waals surface area contributed by atoms with Gasteiger partial charge in [-0.3, -0.25) is 19.3 Å². The number of anilines is 1. The molecule has 1 aromatic heterocycles. The smallest absolute Gasteiger partial charge is 0.303 e. The first kappa shape index (κ1) is 11.7. The summed E-state index contributed by atoms with van der Waals surface area (Å²) in [6.07, 6.45) is 0.280. The van der Waals surface area contributed by atoms with E-state index in [4.69, 9.17) is 5.11 Å². The zero-order chi connectivity index (χ0) is 12.4. The molecule has 17 heavy (non-hydrogen) atoms. The summed E-state index contributed by atoms with van der Waals surface area (Å²) in [6.45, 7) is 0.0741. The Morgan fingerprint density at radius 3 is 2.88 bits per heavy atom. The largest absolute Gasteiger partial charge is 0.481 e. The van der Waals surface area contributed by atoms with Gasteiger partial charge in [-0.05, 0) is 0 Å². The van der Waals surface area contributed by atoms with E-state index < -0.39 is 5.97 Å². The Morgan fingerprint density at radius 1 is 1.53 bits per heavy atom. The van der Waals surface area contributed by atoms with Crippen LogP contribution < -0.4 is 4.90 Å². The number of aliphatic carboxylic acids is 1. The van der Waals surface area contributed by atoms with E-state index in [0.29, 0.717) is 17.2 Å². The first-order chi connectivity index (χ1) is 8.06. The third-order valence-electron chi connectivity index (χ3n) is 2.35. The fraction of sp³-hybridized carbons (Fsp3) is 0.400. The van der Waals surface area contributed by atoms with Crippen molar-refractivity contribution in [2.45, 2.75) is 19.3 Å².